The van der Waals surface area contributed by atoms with Crippen molar-refractivity contribution in [1.29, 1.82) is 0 Å². The van der Waals surface area contributed by atoms with Gasteiger partial charge < -0.3 is 9.15 Å². The van der Waals surface area contributed by atoms with E-state index in [1.165, 1.54) is 38.5 Å². The molecule has 7 heteroatoms. The summed E-state index contributed by atoms with van der Waals surface area (Å²) in [5.74, 6) is 1.33. The molecule has 0 unspecified atom stereocenters. The Labute approximate surface area is 203 Å². The number of rotatable bonds is 12. The van der Waals surface area contributed by atoms with Gasteiger partial charge in [-0.2, -0.15) is 0 Å². The van der Waals surface area contributed by atoms with E-state index in [9.17, 15) is 4.79 Å². The second-order valence-electron chi connectivity index (χ2n) is 9.70. The van der Waals surface area contributed by atoms with Crippen molar-refractivity contribution in [2.24, 2.45) is 5.92 Å². The Morgan fingerprint density at radius 2 is 1.94 bits per heavy atom. The van der Waals surface area contributed by atoms with E-state index in [2.05, 4.69) is 10.4 Å². The highest BCUT2D eigenvalue weighted by molar-refractivity contribution is 5.75. The van der Waals surface area contributed by atoms with Crippen molar-refractivity contribution in [3.8, 4) is 0 Å². The maximum absolute atomic E-state index is 12.7. The number of oxazole rings is 1. The fraction of sp³-hybridized carbons (Fsp3) is 0.630. The topological polar surface area (TPSA) is 76.8 Å². The molecule has 1 aromatic carbocycles. The van der Waals surface area contributed by atoms with Crippen molar-refractivity contribution < 1.29 is 18.8 Å². The fourth-order valence-electron chi connectivity index (χ4n) is 5.05. The van der Waals surface area contributed by atoms with Crippen molar-refractivity contribution in [2.45, 2.75) is 76.9 Å². The quantitative estimate of drug-likeness (QED) is 0.442. The minimum Gasteiger partial charge on any atom is -0.448 e. The molecule has 1 aliphatic heterocycles. The molecular formula is C27H39N3O4. The van der Waals surface area contributed by atoms with Gasteiger partial charge in [-0.05, 0) is 17.9 Å². The number of aromatic nitrogens is 1. The van der Waals surface area contributed by atoms with E-state index in [1.807, 2.05) is 30.3 Å². The average Bonchev–Trinajstić information content (AvgIpc) is 3.34. The normalized spacial score (nSPS) is 18.6. The first-order valence-corrected chi connectivity index (χ1v) is 12.9. The number of nitrogens with one attached hydrogen (secondary N) is 1. The van der Waals surface area contributed by atoms with Gasteiger partial charge in [-0.25, -0.2) is 10.5 Å². The zero-order valence-electron chi connectivity index (χ0n) is 20.3. The number of nitrogens with zero attached hydrogens (tertiary/aromatic N) is 2. The second kappa shape index (κ2) is 13.6. The first-order chi connectivity index (χ1) is 16.8. The summed E-state index contributed by atoms with van der Waals surface area (Å²) in [6.45, 7) is 4.45. The maximum atomic E-state index is 12.7. The maximum Gasteiger partial charge on any atom is 0.244 e. The molecule has 1 amide bonds. The van der Waals surface area contributed by atoms with Gasteiger partial charge in [0.15, 0.2) is 5.89 Å². The smallest absolute Gasteiger partial charge is 0.244 e. The molecule has 0 spiro atoms. The van der Waals surface area contributed by atoms with E-state index in [0.717, 1.165) is 62.9 Å². The molecule has 1 saturated heterocycles. The van der Waals surface area contributed by atoms with E-state index < -0.39 is 0 Å². The summed E-state index contributed by atoms with van der Waals surface area (Å²) in [7, 11) is 0. The Kier molecular flexibility index (Phi) is 9.97. The van der Waals surface area contributed by atoms with Crippen molar-refractivity contribution >= 4 is 5.91 Å². The summed E-state index contributed by atoms with van der Waals surface area (Å²) < 4.78 is 11.3. The lowest BCUT2D eigenvalue weighted by Gasteiger charge is -2.25. The van der Waals surface area contributed by atoms with Gasteiger partial charge in [-0.15, -0.1) is 0 Å². The van der Waals surface area contributed by atoms with Crippen molar-refractivity contribution in [1.82, 2.24) is 15.4 Å². The number of hydrogen-bond donors (Lipinski definition) is 1. The molecule has 1 aliphatic carbocycles. The van der Waals surface area contributed by atoms with E-state index in [0.29, 0.717) is 18.9 Å². The molecule has 2 aromatic rings. The van der Waals surface area contributed by atoms with Crippen molar-refractivity contribution in [3.05, 3.63) is 53.7 Å². The zero-order chi connectivity index (χ0) is 23.4. The molecule has 7 nitrogen and oxygen atoms in total. The van der Waals surface area contributed by atoms with Gasteiger partial charge in [0.05, 0.1) is 25.5 Å². The first kappa shape index (κ1) is 24.9. The summed E-state index contributed by atoms with van der Waals surface area (Å²) in [5, 5.41) is 0. The summed E-state index contributed by atoms with van der Waals surface area (Å²) in [6.07, 6.45) is 12.1. The number of ether oxygens (including phenoxy) is 1. The number of carbonyl (C=O) groups is 1. The largest absolute Gasteiger partial charge is 0.448 e. The molecule has 2 aliphatic rings. The summed E-state index contributed by atoms with van der Waals surface area (Å²) in [6, 6.07) is 9.83. The van der Waals surface area contributed by atoms with Gasteiger partial charge in [-0.3, -0.25) is 14.5 Å². The highest BCUT2D eigenvalue weighted by atomic mass is 16.6. The van der Waals surface area contributed by atoms with Gasteiger partial charge >= 0.3 is 0 Å². The molecule has 2 fully saturated rings. The molecule has 1 atom stereocenters. The minimum absolute atomic E-state index is 0.0395. The number of benzene rings is 1. The number of carbonyl (C=O) groups excluding carboxylic acids is 1. The van der Waals surface area contributed by atoms with E-state index in [4.69, 9.17) is 19.0 Å². The van der Waals surface area contributed by atoms with Crippen LogP contribution in [0.1, 0.15) is 80.9 Å². The number of morpholine rings is 1. The average molecular weight is 470 g/mol. The lowest BCUT2D eigenvalue weighted by Crippen LogP contribution is -2.35. The van der Waals surface area contributed by atoms with E-state index >= 15 is 0 Å². The predicted molar refractivity (Wildman–Crippen MR) is 130 cm³/mol. The van der Waals surface area contributed by atoms with Crippen LogP contribution in [0.2, 0.25) is 0 Å². The Hall–Kier alpha value is -2.22. The SMILES string of the molecule is O=C(C[C@@H](CCCC1CCCCC1)c1nc(CN2CCOCC2)co1)NOCc1ccccc1. The Balaban J connectivity index is 1.30. The Bertz CT molecular complexity index is 845. The predicted octanol–water partition coefficient (Wildman–Crippen LogP) is 4.98. The Morgan fingerprint density at radius 3 is 2.74 bits per heavy atom. The monoisotopic (exact) mass is 469 g/mol. The van der Waals surface area contributed by atoms with Crippen LogP contribution in [0.15, 0.2) is 41.0 Å². The summed E-state index contributed by atoms with van der Waals surface area (Å²) in [5.41, 5.74) is 4.56. The number of amides is 1. The van der Waals surface area contributed by atoms with Gasteiger partial charge in [0, 0.05) is 32.0 Å². The third-order valence-corrected chi connectivity index (χ3v) is 7.00. The summed E-state index contributed by atoms with van der Waals surface area (Å²) >= 11 is 0. The van der Waals surface area contributed by atoms with Crippen LogP contribution in [-0.2, 0) is 27.5 Å². The van der Waals surface area contributed by atoms with Crippen LogP contribution in [0.4, 0.5) is 0 Å². The van der Waals surface area contributed by atoms with Crippen LogP contribution in [0.5, 0.6) is 0 Å². The van der Waals surface area contributed by atoms with Gasteiger partial charge in [0.25, 0.3) is 0 Å². The standard InChI is InChI=1S/C27H39N3O4/c31-26(29-34-20-23-10-5-2-6-11-23)18-24(13-7-12-22-8-3-1-4-9-22)27-28-25(21-33-27)19-30-14-16-32-17-15-30/h2,5-6,10-11,21-22,24H,1,3-4,7-9,12-20H2,(H,29,31)/t24-/m1/s1. The first-order valence-electron chi connectivity index (χ1n) is 12.9. The fourth-order valence-corrected chi connectivity index (χ4v) is 5.05. The third-order valence-electron chi connectivity index (χ3n) is 7.00. The molecule has 4 rings (SSSR count). The van der Waals surface area contributed by atoms with E-state index in [-0.39, 0.29) is 11.8 Å². The van der Waals surface area contributed by atoms with Crippen LogP contribution in [0.25, 0.3) is 0 Å². The molecule has 1 saturated carbocycles. The molecule has 1 N–H and O–H groups in total. The van der Waals surface area contributed by atoms with Crippen LogP contribution in [-0.4, -0.2) is 42.1 Å². The highest BCUT2D eigenvalue weighted by Gasteiger charge is 2.23. The van der Waals surface area contributed by atoms with E-state index in [1.54, 1.807) is 6.26 Å². The number of hydrogen-bond acceptors (Lipinski definition) is 6. The molecule has 1 aromatic heterocycles. The van der Waals surface area contributed by atoms with Crippen molar-refractivity contribution in [2.75, 3.05) is 26.3 Å². The van der Waals surface area contributed by atoms with Crippen LogP contribution in [0.3, 0.4) is 0 Å². The molecule has 0 radical (unpaired) electrons. The highest BCUT2D eigenvalue weighted by Crippen LogP contribution is 2.31. The van der Waals surface area contributed by atoms with Gasteiger partial charge in [-0.1, -0.05) is 75.3 Å². The van der Waals surface area contributed by atoms with Gasteiger partial charge in [0.1, 0.15) is 6.26 Å². The van der Waals surface area contributed by atoms with Crippen LogP contribution < -0.4 is 5.48 Å². The second-order valence-corrected chi connectivity index (χ2v) is 9.70. The lowest BCUT2D eigenvalue weighted by atomic mass is 9.84. The van der Waals surface area contributed by atoms with Crippen LogP contribution in [0, 0.1) is 5.92 Å². The molecule has 34 heavy (non-hydrogen) atoms. The molecule has 0 bridgehead atoms. The Morgan fingerprint density at radius 1 is 1.15 bits per heavy atom. The lowest BCUT2D eigenvalue weighted by molar-refractivity contribution is -0.135. The molecular weight excluding hydrogens is 430 g/mol. The molecule has 2 heterocycles. The van der Waals surface area contributed by atoms with Crippen molar-refractivity contribution in [3.63, 3.8) is 0 Å². The van der Waals surface area contributed by atoms with Crippen LogP contribution >= 0.6 is 0 Å². The number of hydroxylamine groups is 1. The third kappa shape index (κ3) is 8.22. The van der Waals surface area contributed by atoms with Gasteiger partial charge in [0.2, 0.25) is 5.91 Å². The molecule has 186 valence electrons. The zero-order valence-corrected chi connectivity index (χ0v) is 20.3. The minimum atomic E-state index is -0.133. The summed E-state index contributed by atoms with van der Waals surface area (Å²) in [4.78, 5) is 25.2.